The molecule has 0 radical (unpaired) electrons. The summed E-state index contributed by atoms with van der Waals surface area (Å²) in [4.78, 5) is 56.9. The Morgan fingerprint density at radius 3 is 1.42 bits per heavy atom. The molecule has 23 heteroatoms. The first-order chi connectivity index (χ1) is 38.0. The number of nitrogens with zero attached hydrogens (tertiary/aromatic N) is 7. The van der Waals surface area contributed by atoms with E-state index in [0.29, 0.717) is 128 Å². The molecule has 2 aliphatic rings. The third kappa shape index (κ3) is 14.3. The van der Waals surface area contributed by atoms with Crippen LogP contribution in [0.4, 0.5) is 0 Å². The number of aliphatic hydroxyl groups is 1. The Morgan fingerprint density at radius 1 is 0.633 bits per heavy atom. The second-order valence-electron chi connectivity index (χ2n) is 20.4. The summed E-state index contributed by atoms with van der Waals surface area (Å²) in [5, 5.41) is 18.6. The van der Waals surface area contributed by atoms with Crippen LogP contribution < -0.4 is 20.6 Å². The highest BCUT2D eigenvalue weighted by Gasteiger charge is 2.32. The minimum absolute atomic E-state index is 0.0474. The lowest BCUT2D eigenvalue weighted by molar-refractivity contribution is -0.757. The minimum atomic E-state index is -3.82. The lowest BCUT2D eigenvalue weighted by atomic mass is 9.93. The molecule has 0 atom stereocenters. The summed E-state index contributed by atoms with van der Waals surface area (Å²) < 4.78 is 73.4. The maximum Gasteiger partial charge on any atom is 0.294 e. The molecule has 0 amide bonds. The molecule has 21 nitrogen and oxygen atoms in total. The molecule has 432 valence electrons. The zero-order valence-corrected chi connectivity index (χ0v) is 48.3. The van der Waals surface area contributed by atoms with Gasteiger partial charge in [0.25, 0.3) is 16.2 Å². The predicted molar refractivity (Wildman–Crippen MR) is 304 cm³/mol. The molecule has 0 aliphatic carbocycles. The van der Waals surface area contributed by atoms with Crippen LogP contribution in [0.2, 0.25) is 0 Å². The summed E-state index contributed by atoms with van der Waals surface area (Å²) in [5.41, 5.74) is 4.62. The van der Waals surface area contributed by atoms with Crippen LogP contribution in [0.15, 0.2) is 68.2 Å². The van der Waals surface area contributed by atoms with Crippen LogP contribution in [0.25, 0.3) is 44.8 Å². The van der Waals surface area contributed by atoms with E-state index in [-0.39, 0.29) is 45.9 Å². The van der Waals surface area contributed by atoms with Gasteiger partial charge in [-0.15, -0.1) is 10.1 Å². The zero-order valence-electron chi connectivity index (χ0n) is 46.6. The fourth-order valence-electron chi connectivity index (χ4n) is 10.7. The van der Waals surface area contributed by atoms with Crippen molar-refractivity contribution in [2.75, 3.05) is 52.6 Å². The van der Waals surface area contributed by atoms with E-state index >= 15 is 0 Å². The van der Waals surface area contributed by atoms with Crippen molar-refractivity contribution >= 4 is 42.1 Å². The number of nitrogens with one attached hydrogen (secondary N) is 2. The van der Waals surface area contributed by atoms with Gasteiger partial charge in [0.15, 0.2) is 0 Å². The maximum atomic E-state index is 13.7. The zero-order chi connectivity index (χ0) is 56.9. The first-order valence-corrected chi connectivity index (χ1v) is 31.1. The van der Waals surface area contributed by atoms with Gasteiger partial charge in [-0.1, -0.05) is 40.5 Å². The van der Waals surface area contributed by atoms with Gasteiger partial charge >= 0.3 is 0 Å². The molecule has 0 saturated carbocycles. The number of hydrogen-bond acceptors (Lipinski definition) is 14. The number of hydrogen-bond donors (Lipinski definition) is 3. The molecule has 6 aromatic rings. The summed E-state index contributed by atoms with van der Waals surface area (Å²) in [7, 11) is -7.56. The van der Waals surface area contributed by atoms with Crippen molar-refractivity contribution in [1.82, 2.24) is 37.7 Å². The number of aliphatic hydroxyl groups excluding tert-OH is 1. The summed E-state index contributed by atoms with van der Waals surface area (Å²) >= 11 is 0. The van der Waals surface area contributed by atoms with Crippen molar-refractivity contribution in [3.63, 3.8) is 0 Å². The van der Waals surface area contributed by atoms with Gasteiger partial charge in [0.1, 0.15) is 34.2 Å². The fraction of sp³-hybridized carbons (Fsp3) is 0.571. The first-order valence-electron chi connectivity index (χ1n) is 28.2. The summed E-state index contributed by atoms with van der Waals surface area (Å²) in [5.74, 6) is 2.24. The first kappa shape index (κ1) is 60.5. The van der Waals surface area contributed by atoms with E-state index in [1.54, 1.807) is 30.3 Å². The molecule has 4 aromatic heterocycles. The summed E-state index contributed by atoms with van der Waals surface area (Å²) in [6.45, 7) is 16.1. The van der Waals surface area contributed by atoms with Crippen molar-refractivity contribution in [2.45, 2.75) is 154 Å². The molecule has 79 heavy (non-hydrogen) atoms. The van der Waals surface area contributed by atoms with Crippen LogP contribution in [-0.2, 0) is 50.8 Å². The summed E-state index contributed by atoms with van der Waals surface area (Å²) in [6, 6.07) is 9.54. The second-order valence-corrected chi connectivity index (χ2v) is 24.3. The third-order valence-electron chi connectivity index (χ3n) is 14.8. The quantitative estimate of drug-likeness (QED) is 0.0260. The average molecular weight is 1130 g/mol. The highest BCUT2D eigenvalue weighted by molar-refractivity contribution is 7.89. The van der Waals surface area contributed by atoms with E-state index in [1.807, 2.05) is 49.2 Å². The molecule has 0 unspecified atom stereocenters. The highest BCUT2D eigenvalue weighted by atomic mass is 32.2. The van der Waals surface area contributed by atoms with E-state index in [4.69, 9.17) is 24.5 Å². The van der Waals surface area contributed by atoms with E-state index in [1.165, 1.54) is 14.7 Å². The van der Waals surface area contributed by atoms with Gasteiger partial charge < -0.3 is 38.5 Å². The van der Waals surface area contributed by atoms with E-state index in [2.05, 4.69) is 28.7 Å². The monoisotopic (exact) mass is 1130 g/mol. The van der Waals surface area contributed by atoms with Crippen molar-refractivity contribution in [3.05, 3.63) is 90.7 Å². The maximum absolute atomic E-state index is 13.7. The Morgan fingerprint density at radius 2 is 1.05 bits per heavy atom. The van der Waals surface area contributed by atoms with Crippen LogP contribution >= 0.6 is 0 Å². The van der Waals surface area contributed by atoms with Gasteiger partial charge in [0, 0.05) is 58.3 Å². The number of aromatic nitrogens is 6. The van der Waals surface area contributed by atoms with E-state index in [9.17, 15) is 36.5 Å². The van der Waals surface area contributed by atoms with Crippen LogP contribution in [0.1, 0.15) is 130 Å². The Kier molecular flexibility index (Phi) is 21.3. The molecule has 0 spiro atoms. The number of benzene rings is 2. The van der Waals surface area contributed by atoms with Gasteiger partial charge in [0.05, 0.1) is 51.8 Å². The Labute approximate surface area is 462 Å². The van der Waals surface area contributed by atoms with Crippen molar-refractivity contribution in [2.24, 2.45) is 11.8 Å². The van der Waals surface area contributed by atoms with Crippen LogP contribution in [-0.4, -0.2) is 117 Å². The number of piperidine rings is 2. The lowest BCUT2D eigenvalue weighted by Gasteiger charge is -2.31. The number of H-pyrrole nitrogens is 2. The number of rotatable bonds is 26. The Balaban J connectivity index is 0.000000229. The van der Waals surface area contributed by atoms with E-state index in [0.717, 1.165) is 81.8 Å². The molecular weight excluding hydrogens is 1050 g/mol. The molecule has 2 fully saturated rings. The number of fused-ring (bicyclic) bond motifs is 2. The largest absolute Gasteiger partial charge is 0.493 e. The Hall–Kier alpha value is -6.14. The lowest BCUT2D eigenvalue weighted by Crippen LogP contribution is -2.38. The second kappa shape index (κ2) is 27.8. The molecule has 2 aliphatic heterocycles. The number of sulfonamides is 2. The topological polar surface area (TPSA) is 267 Å². The van der Waals surface area contributed by atoms with Gasteiger partial charge in [0.2, 0.25) is 20.0 Å². The molecule has 0 bridgehead atoms. The van der Waals surface area contributed by atoms with Gasteiger partial charge in [-0.3, -0.25) is 9.59 Å². The predicted octanol–water partition coefficient (Wildman–Crippen LogP) is 8.87. The van der Waals surface area contributed by atoms with E-state index < -0.39 is 25.1 Å². The molecule has 8 rings (SSSR count). The molecule has 2 saturated heterocycles. The number of aryl methyl sites for hydroxylation is 4. The fourth-order valence-corrected chi connectivity index (χ4v) is 13.6. The number of aromatic amines is 2. The van der Waals surface area contributed by atoms with Crippen molar-refractivity contribution in [1.29, 1.82) is 0 Å². The minimum Gasteiger partial charge on any atom is -0.493 e. The highest BCUT2D eigenvalue weighted by Crippen LogP contribution is 2.36. The molecular formula is C56H79N9O12S2. The van der Waals surface area contributed by atoms with Crippen LogP contribution in [0.3, 0.4) is 0 Å². The van der Waals surface area contributed by atoms with Gasteiger partial charge in [-0.2, -0.15) is 8.61 Å². The molecule has 3 N–H and O–H groups in total. The molecule has 2 aromatic carbocycles. The van der Waals surface area contributed by atoms with Crippen LogP contribution in [0.5, 0.6) is 11.5 Å². The Bertz CT molecular complexity index is 3370. The SMILES string of the molecule is CCCOc1ccc(S(=O)(=O)N2CCC(CCCO)CC2)cc1-c1nc2c(CCC)cn(CC)c2c(=O)[nH]1.CCCOc1ccc(S(=O)(=O)N2CCC(CCCO[N+](=O)[O-])CC2)cc1-c1nc2c(CCC)cn(CC)c2c(=O)[nH]1. The third-order valence-corrected chi connectivity index (χ3v) is 18.6. The van der Waals surface area contributed by atoms with Crippen molar-refractivity contribution in [3.8, 4) is 34.3 Å². The normalized spacial score (nSPS) is 15.1. The number of ether oxygens (including phenoxy) is 2. The molecule has 6 heterocycles. The van der Waals surface area contributed by atoms with Crippen molar-refractivity contribution < 1.29 is 41.3 Å². The van der Waals surface area contributed by atoms with Gasteiger partial charge in [-0.05, 0) is 150 Å². The standard InChI is InChI=1S/C28H39N5O7S.C28H40N4O5S/c1-4-8-21-19-31(6-3)26-25(21)29-27(30-28(26)34)23-18-22(10-11-24(23)39-16-5-2)41(37,38)32-14-12-20(13-15-32)9-7-17-40-33(35)36;1-4-8-21-19-31(6-3)26-25(21)29-27(30-28(26)34)23-18-22(10-11-24(23)37-17-5-2)38(35,36)32-14-12-20(13-15-32)9-7-16-33/h10-11,18-20H,4-9,12-17H2,1-3H3,(H,29,30,34);10-11,18-20,33H,4-9,12-17H2,1-3H3,(H,29,30,34). The van der Waals surface area contributed by atoms with Crippen LogP contribution in [0, 0.1) is 22.0 Å². The smallest absolute Gasteiger partial charge is 0.294 e. The van der Waals surface area contributed by atoms with Gasteiger partial charge in [-0.25, -0.2) is 26.8 Å². The summed E-state index contributed by atoms with van der Waals surface area (Å²) in [6.07, 6.45) is 14.7. The average Bonchev–Trinajstić information content (AvgIpc) is 4.11.